The molecular weight excluding hydrogens is 439 g/mol. The van der Waals surface area contributed by atoms with Gasteiger partial charge in [0.05, 0.1) is 13.7 Å². The highest BCUT2D eigenvalue weighted by atomic mass is 19.1. The zero-order chi connectivity index (χ0) is 24.1. The van der Waals surface area contributed by atoms with Crippen LogP contribution in [0.3, 0.4) is 0 Å². The van der Waals surface area contributed by atoms with E-state index in [9.17, 15) is 14.0 Å². The van der Waals surface area contributed by atoms with Crippen molar-refractivity contribution in [1.29, 1.82) is 0 Å². The maximum absolute atomic E-state index is 13.5. The number of benzene rings is 2. The third-order valence-electron chi connectivity index (χ3n) is 5.56. The molecule has 1 aliphatic heterocycles. The fraction of sp³-hybridized carbons (Fsp3) is 0.320. The first-order chi connectivity index (χ1) is 16.5. The molecule has 8 nitrogen and oxygen atoms in total. The summed E-state index contributed by atoms with van der Waals surface area (Å²) in [6, 6.07) is 13.2. The number of rotatable bonds is 8. The fourth-order valence-corrected chi connectivity index (χ4v) is 3.92. The van der Waals surface area contributed by atoms with E-state index in [-0.39, 0.29) is 29.9 Å². The van der Waals surface area contributed by atoms with E-state index in [0.29, 0.717) is 55.4 Å². The number of hydrogen-bond acceptors (Lipinski definition) is 5. The molecule has 1 aromatic heterocycles. The molecule has 2 heterocycles. The monoisotopic (exact) mass is 466 g/mol. The Morgan fingerprint density at radius 1 is 1.12 bits per heavy atom. The highest BCUT2D eigenvalue weighted by Gasteiger charge is 2.26. The van der Waals surface area contributed by atoms with E-state index in [2.05, 4.69) is 10.4 Å². The second-order valence-electron chi connectivity index (χ2n) is 7.95. The van der Waals surface area contributed by atoms with Crippen molar-refractivity contribution in [2.45, 2.75) is 33.0 Å². The number of hydrogen-bond donors (Lipinski definition) is 1. The molecule has 1 aliphatic rings. The number of aromatic nitrogens is 2. The van der Waals surface area contributed by atoms with Crippen molar-refractivity contribution in [2.75, 3.05) is 20.3 Å². The summed E-state index contributed by atoms with van der Waals surface area (Å²) in [7, 11) is 1.57. The molecule has 0 saturated heterocycles. The van der Waals surface area contributed by atoms with E-state index < -0.39 is 0 Å². The number of fused-ring (bicyclic) bond motifs is 1. The maximum Gasteiger partial charge on any atom is 0.272 e. The lowest BCUT2D eigenvalue weighted by atomic mass is 10.2. The zero-order valence-corrected chi connectivity index (χ0v) is 19.2. The molecule has 0 atom stereocenters. The minimum absolute atomic E-state index is 0.175. The summed E-state index contributed by atoms with van der Waals surface area (Å²) in [4.78, 5) is 27.5. The lowest BCUT2D eigenvalue weighted by Crippen LogP contribution is -2.30. The van der Waals surface area contributed by atoms with Crippen molar-refractivity contribution >= 4 is 11.8 Å². The van der Waals surface area contributed by atoms with E-state index in [1.54, 1.807) is 34.9 Å². The normalized spacial score (nSPS) is 13.3. The molecule has 0 saturated carbocycles. The van der Waals surface area contributed by atoms with E-state index in [0.717, 1.165) is 5.56 Å². The first-order valence-electron chi connectivity index (χ1n) is 11.2. The fourth-order valence-electron chi connectivity index (χ4n) is 3.92. The third-order valence-corrected chi connectivity index (χ3v) is 5.56. The molecule has 2 aromatic carbocycles. The van der Waals surface area contributed by atoms with Crippen LogP contribution in [0.25, 0.3) is 0 Å². The van der Waals surface area contributed by atoms with E-state index in [1.807, 2.05) is 19.1 Å². The lowest BCUT2D eigenvalue weighted by Gasteiger charge is -2.20. The number of nitrogens with zero attached hydrogens (tertiary/aromatic N) is 3. The largest absolute Gasteiger partial charge is 0.493 e. The van der Waals surface area contributed by atoms with Gasteiger partial charge in [-0.3, -0.25) is 14.3 Å². The summed E-state index contributed by atoms with van der Waals surface area (Å²) in [6.45, 7) is 3.99. The molecule has 0 unspecified atom stereocenters. The molecule has 0 aliphatic carbocycles. The van der Waals surface area contributed by atoms with Crippen LogP contribution in [-0.4, -0.2) is 46.8 Å². The average molecular weight is 467 g/mol. The molecule has 0 radical (unpaired) electrons. The van der Waals surface area contributed by atoms with Gasteiger partial charge in [-0.1, -0.05) is 18.2 Å². The molecule has 4 rings (SSSR count). The highest BCUT2D eigenvalue weighted by Crippen LogP contribution is 2.28. The molecule has 2 amide bonds. The minimum Gasteiger partial charge on any atom is -0.493 e. The molecule has 9 heteroatoms. The number of carbonyl (C=O) groups excluding carboxylic acids is 2. The molecule has 0 fully saturated rings. The predicted octanol–water partition coefficient (Wildman–Crippen LogP) is 3.41. The van der Waals surface area contributed by atoms with Crippen molar-refractivity contribution in [3.05, 3.63) is 76.9 Å². The Balaban J connectivity index is 1.45. The Morgan fingerprint density at radius 3 is 2.74 bits per heavy atom. The van der Waals surface area contributed by atoms with Gasteiger partial charge < -0.3 is 19.7 Å². The number of ether oxygens (including phenoxy) is 2. The number of halogens is 1. The Morgan fingerprint density at radius 2 is 1.97 bits per heavy atom. The number of aryl methyl sites for hydroxylation is 1. The van der Waals surface area contributed by atoms with Crippen molar-refractivity contribution in [3.63, 3.8) is 0 Å². The molecule has 34 heavy (non-hydrogen) atoms. The second kappa shape index (κ2) is 10.4. The third kappa shape index (κ3) is 5.19. The Kier molecular flexibility index (Phi) is 7.10. The van der Waals surface area contributed by atoms with Gasteiger partial charge in [-0.05, 0) is 48.7 Å². The van der Waals surface area contributed by atoms with Crippen LogP contribution in [0.2, 0.25) is 0 Å². The van der Waals surface area contributed by atoms with Crippen LogP contribution in [-0.2, 0) is 19.6 Å². The maximum atomic E-state index is 13.5. The topological polar surface area (TPSA) is 85.7 Å². The van der Waals surface area contributed by atoms with Crippen molar-refractivity contribution in [1.82, 2.24) is 20.0 Å². The molecule has 0 spiro atoms. The number of carbonyl (C=O) groups is 2. The average Bonchev–Trinajstić information content (AvgIpc) is 3.20. The summed E-state index contributed by atoms with van der Waals surface area (Å²) in [5.41, 5.74) is 2.08. The highest BCUT2D eigenvalue weighted by molar-refractivity contribution is 5.98. The molecule has 178 valence electrons. The van der Waals surface area contributed by atoms with Crippen LogP contribution in [0, 0.1) is 5.82 Å². The minimum atomic E-state index is -0.376. The van der Waals surface area contributed by atoms with Gasteiger partial charge in [0.1, 0.15) is 11.5 Å². The van der Waals surface area contributed by atoms with Gasteiger partial charge in [0.2, 0.25) is 0 Å². The Labute approximate surface area is 197 Å². The number of nitrogens with one attached hydrogen (secondary N) is 1. The van der Waals surface area contributed by atoms with Crippen molar-refractivity contribution in [2.24, 2.45) is 0 Å². The van der Waals surface area contributed by atoms with Crippen LogP contribution in [0.1, 0.15) is 45.4 Å². The van der Waals surface area contributed by atoms with Crippen molar-refractivity contribution < 1.29 is 23.5 Å². The SMILES string of the molecule is CCOc1cc(CNC(=O)c2cc3n(n2)CCCN(Cc2cccc(F)c2)C3=O)ccc1OC. The van der Waals surface area contributed by atoms with Crippen LogP contribution >= 0.6 is 0 Å². The Hall–Kier alpha value is -3.88. The summed E-state index contributed by atoms with van der Waals surface area (Å²) in [5, 5.41) is 7.20. The first-order valence-corrected chi connectivity index (χ1v) is 11.2. The zero-order valence-electron chi connectivity index (χ0n) is 19.2. The molecular formula is C25H27FN4O4. The van der Waals surface area contributed by atoms with Gasteiger partial charge >= 0.3 is 0 Å². The van der Waals surface area contributed by atoms with E-state index in [1.165, 1.54) is 18.2 Å². The smallest absolute Gasteiger partial charge is 0.272 e. The van der Waals surface area contributed by atoms with Crippen LogP contribution in [0.5, 0.6) is 11.5 Å². The molecule has 0 bridgehead atoms. The Bertz CT molecular complexity index is 1190. The first kappa shape index (κ1) is 23.3. The van der Waals surface area contributed by atoms with Gasteiger partial charge in [0, 0.05) is 32.2 Å². The van der Waals surface area contributed by atoms with E-state index >= 15 is 0 Å². The van der Waals surface area contributed by atoms with Gasteiger partial charge in [0.25, 0.3) is 11.8 Å². The molecule has 3 aromatic rings. The standard InChI is InChI=1S/C25H27FN4O4/c1-3-34-23-13-17(8-9-22(23)33-2)15-27-24(31)20-14-21-25(32)29(10-5-11-30(21)28-20)16-18-6-4-7-19(26)12-18/h4,6-9,12-14H,3,5,10-11,15-16H2,1-2H3,(H,27,31). The lowest BCUT2D eigenvalue weighted by molar-refractivity contribution is 0.0745. The van der Waals surface area contributed by atoms with Crippen molar-refractivity contribution in [3.8, 4) is 11.5 Å². The quantitative estimate of drug-likeness (QED) is 0.550. The summed E-state index contributed by atoms with van der Waals surface area (Å²) >= 11 is 0. The van der Waals surface area contributed by atoms with Crippen LogP contribution < -0.4 is 14.8 Å². The summed E-state index contributed by atoms with van der Waals surface area (Å²) in [6.07, 6.45) is 0.683. The predicted molar refractivity (Wildman–Crippen MR) is 123 cm³/mol. The number of methoxy groups -OCH3 is 1. The summed E-state index contributed by atoms with van der Waals surface area (Å²) in [5.74, 6) is 0.281. The van der Waals surface area contributed by atoms with E-state index in [4.69, 9.17) is 9.47 Å². The van der Waals surface area contributed by atoms with Gasteiger partial charge in [-0.25, -0.2) is 4.39 Å². The van der Waals surface area contributed by atoms with Crippen LogP contribution in [0.15, 0.2) is 48.5 Å². The van der Waals surface area contributed by atoms with Gasteiger partial charge in [0.15, 0.2) is 17.2 Å². The van der Waals surface area contributed by atoms with Gasteiger partial charge in [-0.15, -0.1) is 0 Å². The van der Waals surface area contributed by atoms with Gasteiger partial charge in [-0.2, -0.15) is 5.10 Å². The summed E-state index contributed by atoms with van der Waals surface area (Å²) < 4.78 is 26.0. The molecule has 1 N–H and O–H groups in total. The second-order valence-corrected chi connectivity index (χ2v) is 7.95. The number of amides is 2. The van der Waals surface area contributed by atoms with Crippen LogP contribution in [0.4, 0.5) is 4.39 Å².